The van der Waals surface area contributed by atoms with Gasteiger partial charge in [-0.3, -0.25) is 9.78 Å². The minimum absolute atomic E-state index is 0.139. The fourth-order valence-electron chi connectivity index (χ4n) is 4.22. The Bertz CT molecular complexity index is 1430. The number of rotatable bonds is 7. The van der Waals surface area contributed by atoms with Crippen LogP contribution in [0.25, 0.3) is 11.3 Å². The summed E-state index contributed by atoms with van der Waals surface area (Å²) >= 11 is 0. The van der Waals surface area contributed by atoms with Crippen LogP contribution in [0.4, 0.5) is 0 Å². The number of esters is 1. The van der Waals surface area contributed by atoms with E-state index in [9.17, 15) is 9.59 Å². The van der Waals surface area contributed by atoms with Crippen LogP contribution in [0.2, 0.25) is 0 Å². The first-order valence-electron chi connectivity index (χ1n) is 11.8. The summed E-state index contributed by atoms with van der Waals surface area (Å²) in [5, 5.41) is 4.26. The van der Waals surface area contributed by atoms with Gasteiger partial charge in [0, 0.05) is 30.1 Å². The largest absolute Gasteiger partial charge is 0.486 e. The molecule has 4 aromatic rings. The predicted octanol–water partition coefficient (Wildman–Crippen LogP) is 4.45. The number of pyridine rings is 1. The van der Waals surface area contributed by atoms with Crippen molar-refractivity contribution in [1.82, 2.24) is 15.0 Å². The van der Waals surface area contributed by atoms with Gasteiger partial charge < -0.3 is 23.6 Å². The van der Waals surface area contributed by atoms with E-state index in [1.54, 1.807) is 4.90 Å². The summed E-state index contributed by atoms with van der Waals surface area (Å²) in [6, 6.07) is 16.7. The molecule has 188 valence electrons. The van der Waals surface area contributed by atoms with E-state index in [0.717, 1.165) is 16.7 Å². The van der Waals surface area contributed by atoms with Crippen LogP contribution in [0.1, 0.15) is 37.6 Å². The number of aromatic nitrogens is 2. The van der Waals surface area contributed by atoms with Crippen molar-refractivity contribution < 1.29 is 28.3 Å². The number of aryl methyl sites for hydroxylation is 1. The Labute approximate surface area is 213 Å². The molecule has 0 N–H and O–H groups in total. The number of hydrogen-bond acceptors (Lipinski definition) is 8. The molecule has 37 heavy (non-hydrogen) atoms. The van der Waals surface area contributed by atoms with Gasteiger partial charge in [-0.05, 0) is 30.7 Å². The maximum absolute atomic E-state index is 13.9. The van der Waals surface area contributed by atoms with E-state index in [1.165, 1.54) is 25.6 Å². The topological polar surface area (TPSA) is 104 Å². The van der Waals surface area contributed by atoms with E-state index < -0.39 is 5.97 Å². The molecule has 3 heterocycles. The third kappa shape index (κ3) is 5.02. The molecule has 0 spiro atoms. The number of amides is 1. The molecule has 0 aliphatic carbocycles. The Morgan fingerprint density at radius 2 is 1.76 bits per heavy atom. The number of nitrogens with zero attached hydrogens (tertiary/aromatic N) is 3. The van der Waals surface area contributed by atoms with Gasteiger partial charge in [0.2, 0.25) is 0 Å². The van der Waals surface area contributed by atoms with Gasteiger partial charge in [0.15, 0.2) is 11.5 Å². The lowest BCUT2D eigenvalue weighted by Gasteiger charge is -2.25. The second-order valence-electron chi connectivity index (χ2n) is 8.48. The summed E-state index contributed by atoms with van der Waals surface area (Å²) in [5.41, 5.74) is 3.40. The molecule has 2 aromatic heterocycles. The molecule has 0 fully saturated rings. The Balaban J connectivity index is 1.54. The summed E-state index contributed by atoms with van der Waals surface area (Å²) < 4.78 is 21.8. The van der Waals surface area contributed by atoms with Crippen LogP contribution in [0.3, 0.4) is 0 Å². The Hall–Kier alpha value is -4.66. The van der Waals surface area contributed by atoms with E-state index >= 15 is 0 Å². The molecule has 1 aliphatic heterocycles. The minimum atomic E-state index is -0.615. The average molecular weight is 500 g/mol. The first-order chi connectivity index (χ1) is 18.0. The van der Waals surface area contributed by atoms with Crippen LogP contribution in [0.5, 0.6) is 11.5 Å². The second kappa shape index (κ2) is 10.5. The number of benzene rings is 2. The van der Waals surface area contributed by atoms with Gasteiger partial charge in [-0.15, -0.1) is 0 Å². The number of fused-ring (bicyclic) bond motifs is 1. The van der Waals surface area contributed by atoms with Crippen molar-refractivity contribution in [3.63, 3.8) is 0 Å². The van der Waals surface area contributed by atoms with Gasteiger partial charge in [0.1, 0.15) is 24.7 Å². The van der Waals surface area contributed by atoms with E-state index in [0.29, 0.717) is 36.2 Å². The quantitative estimate of drug-likeness (QED) is 0.344. The summed E-state index contributed by atoms with van der Waals surface area (Å²) in [6.07, 6.45) is 2.83. The molecule has 0 saturated carbocycles. The normalized spacial score (nSPS) is 12.2. The molecule has 2 aromatic carbocycles. The maximum atomic E-state index is 13.9. The smallest absolute Gasteiger partial charge is 0.338 e. The zero-order valence-corrected chi connectivity index (χ0v) is 20.5. The van der Waals surface area contributed by atoms with E-state index in [2.05, 4.69) is 10.1 Å². The van der Waals surface area contributed by atoms with Crippen LogP contribution in [0, 0.1) is 6.92 Å². The molecule has 1 aliphatic rings. The number of hydrogen-bond donors (Lipinski definition) is 0. The van der Waals surface area contributed by atoms with E-state index in [1.807, 2.05) is 55.5 Å². The third-order valence-electron chi connectivity index (χ3n) is 6.10. The summed E-state index contributed by atoms with van der Waals surface area (Å²) in [5.74, 6) is 0.880. The molecule has 1 amide bonds. The number of methoxy groups -OCH3 is 1. The van der Waals surface area contributed by atoms with E-state index in [-0.39, 0.29) is 30.1 Å². The first-order valence-corrected chi connectivity index (χ1v) is 11.8. The van der Waals surface area contributed by atoms with Crippen molar-refractivity contribution in [2.75, 3.05) is 20.3 Å². The minimum Gasteiger partial charge on any atom is -0.486 e. The van der Waals surface area contributed by atoms with Crippen LogP contribution < -0.4 is 9.47 Å². The van der Waals surface area contributed by atoms with Crippen LogP contribution >= 0.6 is 0 Å². The fourth-order valence-corrected chi connectivity index (χ4v) is 4.22. The number of carbonyl (C=O) groups is 2. The van der Waals surface area contributed by atoms with Gasteiger partial charge in [-0.25, -0.2) is 4.79 Å². The van der Waals surface area contributed by atoms with Crippen molar-refractivity contribution in [1.29, 1.82) is 0 Å². The van der Waals surface area contributed by atoms with Gasteiger partial charge in [0.25, 0.3) is 5.91 Å². The highest BCUT2D eigenvalue weighted by Gasteiger charge is 2.27. The molecule has 5 rings (SSSR count). The summed E-state index contributed by atoms with van der Waals surface area (Å²) in [4.78, 5) is 32.1. The van der Waals surface area contributed by atoms with Gasteiger partial charge in [-0.2, -0.15) is 0 Å². The molecule has 0 bridgehead atoms. The van der Waals surface area contributed by atoms with Gasteiger partial charge in [-0.1, -0.05) is 41.6 Å². The molecule has 9 heteroatoms. The third-order valence-corrected chi connectivity index (χ3v) is 6.10. The van der Waals surface area contributed by atoms with Crippen molar-refractivity contribution in [2.45, 2.75) is 20.0 Å². The van der Waals surface area contributed by atoms with Crippen molar-refractivity contribution in [2.24, 2.45) is 0 Å². The van der Waals surface area contributed by atoms with Gasteiger partial charge >= 0.3 is 5.97 Å². The Morgan fingerprint density at radius 1 is 0.973 bits per heavy atom. The monoisotopic (exact) mass is 499 g/mol. The lowest BCUT2D eigenvalue weighted by atomic mass is 10.0. The molecule has 0 atom stereocenters. The predicted molar refractivity (Wildman–Crippen MR) is 133 cm³/mol. The maximum Gasteiger partial charge on any atom is 0.338 e. The lowest BCUT2D eigenvalue weighted by molar-refractivity contribution is 0.0588. The van der Waals surface area contributed by atoms with Crippen molar-refractivity contribution >= 4 is 11.9 Å². The van der Waals surface area contributed by atoms with Crippen LogP contribution in [0.15, 0.2) is 71.5 Å². The van der Waals surface area contributed by atoms with Gasteiger partial charge in [0.05, 0.1) is 24.8 Å². The number of carbonyl (C=O) groups excluding carboxylic acids is 2. The summed E-state index contributed by atoms with van der Waals surface area (Å²) in [7, 11) is 1.27. The second-order valence-corrected chi connectivity index (χ2v) is 8.48. The Kier molecular flexibility index (Phi) is 6.85. The molecular weight excluding hydrogens is 474 g/mol. The SMILES string of the molecule is COC(=O)c1ccncc1C(=O)N(Cc1ccc2c(c1)OCCO2)Cc1c(-c2ccccc2)noc1C. The van der Waals surface area contributed by atoms with Crippen molar-refractivity contribution in [3.05, 3.63) is 95.0 Å². The van der Waals surface area contributed by atoms with Crippen molar-refractivity contribution in [3.8, 4) is 22.8 Å². The molecule has 0 radical (unpaired) electrons. The highest BCUT2D eigenvalue weighted by atomic mass is 16.6. The molecule has 0 unspecified atom stereocenters. The summed E-state index contributed by atoms with van der Waals surface area (Å²) in [6.45, 7) is 3.17. The molecular formula is C28H25N3O6. The number of ether oxygens (including phenoxy) is 3. The average Bonchev–Trinajstić information content (AvgIpc) is 3.31. The fraction of sp³-hybridized carbons (Fsp3) is 0.214. The highest BCUT2D eigenvalue weighted by Crippen LogP contribution is 2.32. The Morgan fingerprint density at radius 3 is 2.54 bits per heavy atom. The van der Waals surface area contributed by atoms with Crippen LogP contribution in [-0.2, 0) is 17.8 Å². The molecule has 9 nitrogen and oxygen atoms in total. The zero-order chi connectivity index (χ0) is 25.8. The van der Waals surface area contributed by atoms with E-state index in [4.69, 9.17) is 18.7 Å². The zero-order valence-electron chi connectivity index (χ0n) is 20.5. The standard InChI is InChI=1S/C28H25N3O6/c1-18-23(26(30-37-18)20-6-4-3-5-7-20)17-31(16-19-8-9-24-25(14-19)36-13-12-35-24)27(32)22-15-29-11-10-21(22)28(33)34-2/h3-11,14-15H,12-13,16-17H2,1-2H3. The highest BCUT2D eigenvalue weighted by molar-refractivity contribution is 6.05. The first kappa shape index (κ1) is 24.1. The van der Waals surface area contributed by atoms with Crippen LogP contribution in [-0.4, -0.2) is 47.2 Å². The lowest BCUT2D eigenvalue weighted by Crippen LogP contribution is -2.32. The molecule has 0 saturated heterocycles.